The molecule has 1 aliphatic heterocycles. The third-order valence-corrected chi connectivity index (χ3v) is 1.92. The van der Waals surface area contributed by atoms with Crippen molar-refractivity contribution < 1.29 is 9.53 Å². The number of nitrogens with zero attached hydrogens (tertiary/aromatic N) is 2. The molecule has 68 valence electrons. The van der Waals surface area contributed by atoms with Crippen LogP contribution in [0.3, 0.4) is 0 Å². The van der Waals surface area contributed by atoms with E-state index in [-0.39, 0.29) is 12.5 Å². The number of ether oxygens (including phenoxy) is 1. The number of likely N-dealkylation sites (N-methyl/N-ethyl adjacent to an activating group) is 1. The molecule has 2 N–H and O–H groups in total. The second kappa shape index (κ2) is 2.62. The third-order valence-electron chi connectivity index (χ3n) is 1.92. The summed E-state index contributed by atoms with van der Waals surface area (Å²) in [5.74, 6) is 0.358. The molecule has 1 amide bonds. The zero-order valence-corrected chi connectivity index (χ0v) is 7.15. The number of carbonyl (C=O) groups is 1. The van der Waals surface area contributed by atoms with Crippen molar-refractivity contribution >= 4 is 17.3 Å². The first-order valence-corrected chi connectivity index (χ1v) is 3.83. The van der Waals surface area contributed by atoms with Crippen LogP contribution in [-0.2, 0) is 4.79 Å². The Morgan fingerprint density at radius 2 is 2.46 bits per heavy atom. The molecule has 0 saturated carbocycles. The lowest BCUT2D eigenvalue weighted by atomic mass is 10.3. The van der Waals surface area contributed by atoms with E-state index in [2.05, 4.69) is 4.98 Å². The summed E-state index contributed by atoms with van der Waals surface area (Å²) in [6.07, 6.45) is 1.50. The maximum absolute atomic E-state index is 11.2. The van der Waals surface area contributed by atoms with Gasteiger partial charge < -0.3 is 15.4 Å². The van der Waals surface area contributed by atoms with Crippen LogP contribution in [0.4, 0.5) is 11.4 Å². The molecule has 0 saturated heterocycles. The third kappa shape index (κ3) is 1.18. The van der Waals surface area contributed by atoms with Crippen molar-refractivity contribution in [2.45, 2.75) is 0 Å². The number of nitrogens with two attached hydrogens (primary N) is 1. The molecule has 5 nitrogen and oxygen atoms in total. The molecule has 13 heavy (non-hydrogen) atoms. The van der Waals surface area contributed by atoms with Crippen molar-refractivity contribution in [2.75, 3.05) is 24.3 Å². The standard InChI is InChI=1S/C8H9N3O2/c1-11-6-2-5(9)3-10-8(6)13-4-7(11)12/h2-3H,4,9H2,1H3. The lowest BCUT2D eigenvalue weighted by Crippen LogP contribution is -2.35. The quantitative estimate of drug-likeness (QED) is 0.609. The van der Waals surface area contributed by atoms with E-state index in [4.69, 9.17) is 10.5 Å². The van der Waals surface area contributed by atoms with Crippen molar-refractivity contribution in [3.63, 3.8) is 0 Å². The highest BCUT2D eigenvalue weighted by atomic mass is 16.5. The second-order valence-corrected chi connectivity index (χ2v) is 2.83. The van der Waals surface area contributed by atoms with E-state index in [0.717, 1.165) is 0 Å². The summed E-state index contributed by atoms with van der Waals surface area (Å²) >= 11 is 0. The maximum atomic E-state index is 11.2. The minimum atomic E-state index is -0.0973. The van der Waals surface area contributed by atoms with Crippen molar-refractivity contribution in [2.24, 2.45) is 0 Å². The van der Waals surface area contributed by atoms with Gasteiger partial charge in [0, 0.05) is 7.05 Å². The van der Waals surface area contributed by atoms with E-state index in [9.17, 15) is 4.79 Å². The Kier molecular flexibility index (Phi) is 1.58. The average Bonchev–Trinajstić information content (AvgIpc) is 2.12. The van der Waals surface area contributed by atoms with Crippen LogP contribution in [0.1, 0.15) is 0 Å². The first-order chi connectivity index (χ1) is 6.18. The van der Waals surface area contributed by atoms with Gasteiger partial charge in [-0.3, -0.25) is 4.79 Å². The van der Waals surface area contributed by atoms with Crippen LogP contribution in [0, 0.1) is 0 Å². The van der Waals surface area contributed by atoms with E-state index < -0.39 is 0 Å². The molecule has 1 aliphatic rings. The molecule has 0 spiro atoms. The summed E-state index contributed by atoms with van der Waals surface area (Å²) in [4.78, 5) is 16.7. The van der Waals surface area contributed by atoms with Gasteiger partial charge >= 0.3 is 0 Å². The van der Waals surface area contributed by atoms with E-state index in [1.165, 1.54) is 11.1 Å². The highest BCUT2D eigenvalue weighted by Gasteiger charge is 2.22. The van der Waals surface area contributed by atoms with Crippen LogP contribution in [0.5, 0.6) is 5.88 Å². The zero-order chi connectivity index (χ0) is 9.42. The molecule has 0 aliphatic carbocycles. The molecule has 0 aromatic carbocycles. The van der Waals surface area contributed by atoms with Gasteiger partial charge in [0.05, 0.1) is 11.9 Å². The number of anilines is 2. The number of aromatic nitrogens is 1. The molecule has 0 atom stereocenters. The van der Waals surface area contributed by atoms with Gasteiger partial charge in [0.1, 0.15) is 5.69 Å². The Bertz CT molecular complexity index is 364. The van der Waals surface area contributed by atoms with Crippen LogP contribution in [0.25, 0.3) is 0 Å². The monoisotopic (exact) mass is 179 g/mol. The van der Waals surface area contributed by atoms with Crippen LogP contribution in [0.15, 0.2) is 12.3 Å². The Hall–Kier alpha value is -1.78. The normalized spacial score (nSPS) is 15.2. The number of fused-ring (bicyclic) bond motifs is 1. The second-order valence-electron chi connectivity index (χ2n) is 2.83. The van der Waals surface area contributed by atoms with Gasteiger partial charge in [-0.2, -0.15) is 0 Å². The number of amides is 1. The highest BCUT2D eigenvalue weighted by molar-refractivity contribution is 5.97. The van der Waals surface area contributed by atoms with Crippen LogP contribution in [-0.4, -0.2) is 24.5 Å². The average molecular weight is 179 g/mol. The Labute approximate surface area is 75.1 Å². The van der Waals surface area contributed by atoms with Crippen molar-refractivity contribution in [3.8, 4) is 5.88 Å². The number of hydrogen-bond acceptors (Lipinski definition) is 4. The lowest BCUT2D eigenvalue weighted by molar-refractivity contribution is -0.121. The summed E-state index contributed by atoms with van der Waals surface area (Å²) in [6, 6.07) is 1.67. The minimum Gasteiger partial charge on any atom is -0.466 e. The molecule has 0 unspecified atom stereocenters. The van der Waals surface area contributed by atoms with E-state index in [1.807, 2.05) is 0 Å². The van der Waals surface area contributed by atoms with Crippen LogP contribution < -0.4 is 15.4 Å². The van der Waals surface area contributed by atoms with E-state index in [0.29, 0.717) is 17.3 Å². The predicted octanol–water partition coefficient (Wildman–Crippen LogP) is 0.0190. The highest BCUT2D eigenvalue weighted by Crippen LogP contribution is 2.29. The van der Waals surface area contributed by atoms with Crippen molar-refractivity contribution in [3.05, 3.63) is 12.3 Å². The molecule has 2 rings (SSSR count). The fourth-order valence-corrected chi connectivity index (χ4v) is 1.17. The van der Waals surface area contributed by atoms with Crippen LogP contribution >= 0.6 is 0 Å². The Morgan fingerprint density at radius 1 is 1.69 bits per heavy atom. The smallest absolute Gasteiger partial charge is 0.264 e. The lowest BCUT2D eigenvalue weighted by Gasteiger charge is -2.24. The Morgan fingerprint density at radius 3 is 3.23 bits per heavy atom. The fraction of sp³-hybridized carbons (Fsp3) is 0.250. The molecule has 1 aromatic heterocycles. The topological polar surface area (TPSA) is 68.5 Å². The zero-order valence-electron chi connectivity index (χ0n) is 7.15. The summed E-state index contributed by atoms with van der Waals surface area (Å²) in [7, 11) is 1.67. The summed E-state index contributed by atoms with van der Waals surface area (Å²) in [5, 5.41) is 0. The molecular weight excluding hydrogens is 170 g/mol. The van der Waals surface area contributed by atoms with Gasteiger partial charge in [0.2, 0.25) is 5.88 Å². The SMILES string of the molecule is CN1C(=O)COc2ncc(N)cc21. The van der Waals surface area contributed by atoms with Gasteiger partial charge in [0.15, 0.2) is 6.61 Å². The molecule has 0 fully saturated rings. The summed E-state index contributed by atoms with van der Waals surface area (Å²) in [6.45, 7) is 0.0421. The number of nitrogen functional groups attached to an aromatic ring is 1. The van der Waals surface area contributed by atoms with Gasteiger partial charge in [-0.15, -0.1) is 0 Å². The van der Waals surface area contributed by atoms with Gasteiger partial charge in [-0.1, -0.05) is 0 Å². The largest absolute Gasteiger partial charge is 0.466 e. The molecule has 0 radical (unpaired) electrons. The Balaban J connectivity index is 2.51. The van der Waals surface area contributed by atoms with Crippen molar-refractivity contribution in [1.82, 2.24) is 4.98 Å². The molecule has 2 heterocycles. The van der Waals surface area contributed by atoms with Crippen molar-refractivity contribution in [1.29, 1.82) is 0 Å². The number of hydrogen-bond donors (Lipinski definition) is 1. The van der Waals surface area contributed by atoms with Gasteiger partial charge in [-0.05, 0) is 6.07 Å². The number of pyridine rings is 1. The molecule has 0 bridgehead atoms. The maximum Gasteiger partial charge on any atom is 0.264 e. The van der Waals surface area contributed by atoms with Gasteiger partial charge in [0.25, 0.3) is 5.91 Å². The first kappa shape index (κ1) is 7.85. The minimum absolute atomic E-state index is 0.0421. The predicted molar refractivity (Wildman–Crippen MR) is 47.6 cm³/mol. The van der Waals surface area contributed by atoms with Crippen LogP contribution in [0.2, 0.25) is 0 Å². The molecule has 1 aromatic rings. The summed E-state index contributed by atoms with van der Waals surface area (Å²) in [5.41, 5.74) is 6.67. The van der Waals surface area contributed by atoms with E-state index in [1.54, 1.807) is 13.1 Å². The van der Waals surface area contributed by atoms with Gasteiger partial charge in [-0.25, -0.2) is 4.98 Å². The summed E-state index contributed by atoms with van der Waals surface area (Å²) < 4.78 is 5.10. The first-order valence-electron chi connectivity index (χ1n) is 3.83. The number of carbonyl (C=O) groups excluding carboxylic acids is 1. The number of rotatable bonds is 0. The fourth-order valence-electron chi connectivity index (χ4n) is 1.17. The molecule has 5 heteroatoms. The molecular formula is C8H9N3O2. The van der Waals surface area contributed by atoms with E-state index >= 15 is 0 Å².